The second-order valence-electron chi connectivity index (χ2n) is 5.50. The number of nitrogens with zero attached hydrogens (tertiary/aromatic N) is 2. The molecule has 1 atom stereocenters. The maximum atomic E-state index is 12.3. The van der Waals surface area contributed by atoms with Gasteiger partial charge < -0.3 is 16.0 Å². The summed E-state index contributed by atoms with van der Waals surface area (Å²) in [5.41, 5.74) is 0.877. The Balaban J connectivity index is 1.58. The SMILES string of the molecule is CCc1nnc(NC(=O)CC[C@H]2NC(=O)c3ccccc3NC2=O)s1. The lowest BCUT2D eigenvalue weighted by molar-refractivity contribution is -0.118. The maximum absolute atomic E-state index is 12.3. The average molecular weight is 359 g/mol. The van der Waals surface area contributed by atoms with Crippen LogP contribution >= 0.6 is 11.3 Å². The summed E-state index contributed by atoms with van der Waals surface area (Å²) in [7, 11) is 0. The van der Waals surface area contributed by atoms with Crippen molar-refractivity contribution in [3.63, 3.8) is 0 Å². The topological polar surface area (TPSA) is 113 Å². The monoisotopic (exact) mass is 359 g/mol. The first-order chi connectivity index (χ1) is 12.1. The van der Waals surface area contributed by atoms with Crippen LogP contribution in [0.4, 0.5) is 10.8 Å². The van der Waals surface area contributed by atoms with Gasteiger partial charge in [-0.25, -0.2) is 0 Å². The molecule has 9 heteroatoms. The molecule has 3 N–H and O–H groups in total. The fourth-order valence-corrected chi connectivity index (χ4v) is 3.11. The fourth-order valence-electron chi connectivity index (χ4n) is 2.42. The molecule has 0 saturated carbocycles. The minimum atomic E-state index is -0.772. The van der Waals surface area contributed by atoms with Gasteiger partial charge in [0.1, 0.15) is 11.0 Å². The first kappa shape index (κ1) is 17.0. The van der Waals surface area contributed by atoms with Crippen LogP contribution in [0.3, 0.4) is 0 Å². The van der Waals surface area contributed by atoms with E-state index in [0.29, 0.717) is 16.4 Å². The van der Waals surface area contributed by atoms with Gasteiger partial charge >= 0.3 is 0 Å². The number of fused-ring (bicyclic) bond motifs is 1. The van der Waals surface area contributed by atoms with Crippen molar-refractivity contribution in [3.05, 3.63) is 34.8 Å². The van der Waals surface area contributed by atoms with Crippen molar-refractivity contribution < 1.29 is 14.4 Å². The lowest BCUT2D eigenvalue weighted by Gasteiger charge is -2.13. The quantitative estimate of drug-likeness (QED) is 0.750. The Labute approximate surface area is 148 Å². The number of carbonyl (C=O) groups excluding carboxylic acids is 3. The number of anilines is 2. The summed E-state index contributed by atoms with van der Waals surface area (Å²) in [5, 5.41) is 17.1. The molecule has 3 amide bonds. The standard InChI is InChI=1S/C16H17N5O3S/c1-2-13-20-21-16(25-13)19-12(22)8-7-11-15(24)17-10-6-4-3-5-9(10)14(23)18-11/h3-6,11H,2,7-8H2,1H3,(H,17,24)(H,18,23)(H,19,21,22)/t11-/m1/s1. The number of benzene rings is 1. The molecule has 2 aromatic rings. The lowest BCUT2D eigenvalue weighted by atomic mass is 10.1. The third kappa shape index (κ3) is 4.00. The number of para-hydroxylation sites is 1. The summed E-state index contributed by atoms with van der Waals surface area (Å²) in [5.74, 6) is -0.950. The summed E-state index contributed by atoms with van der Waals surface area (Å²) >= 11 is 1.32. The molecule has 1 aliphatic rings. The summed E-state index contributed by atoms with van der Waals surface area (Å²) in [4.78, 5) is 36.5. The predicted octanol–water partition coefficient (Wildman–Crippen LogP) is 1.57. The minimum absolute atomic E-state index is 0.0791. The zero-order valence-corrected chi connectivity index (χ0v) is 14.4. The van der Waals surface area contributed by atoms with Crippen LogP contribution in [-0.4, -0.2) is 34.0 Å². The van der Waals surface area contributed by atoms with Crippen LogP contribution in [0, 0.1) is 0 Å². The van der Waals surface area contributed by atoms with Gasteiger partial charge in [0.05, 0.1) is 11.3 Å². The van der Waals surface area contributed by atoms with E-state index in [0.717, 1.165) is 11.4 Å². The second-order valence-corrected chi connectivity index (χ2v) is 6.56. The predicted molar refractivity (Wildman–Crippen MR) is 93.5 cm³/mol. The molecule has 0 unspecified atom stereocenters. The van der Waals surface area contributed by atoms with Crippen LogP contribution in [-0.2, 0) is 16.0 Å². The molecule has 3 rings (SSSR count). The third-order valence-corrected chi connectivity index (χ3v) is 4.71. The highest BCUT2D eigenvalue weighted by Crippen LogP contribution is 2.20. The number of hydrogen-bond donors (Lipinski definition) is 3. The van der Waals surface area contributed by atoms with Crippen LogP contribution in [0.2, 0.25) is 0 Å². The zero-order valence-electron chi connectivity index (χ0n) is 13.5. The lowest BCUT2D eigenvalue weighted by Crippen LogP contribution is -2.41. The van der Waals surface area contributed by atoms with E-state index >= 15 is 0 Å². The summed E-state index contributed by atoms with van der Waals surface area (Å²) in [6, 6.07) is 6.01. The average Bonchev–Trinajstić information content (AvgIpc) is 3.01. The van der Waals surface area contributed by atoms with Crippen molar-refractivity contribution >= 4 is 39.9 Å². The molecule has 1 aromatic heterocycles. The van der Waals surface area contributed by atoms with Gasteiger partial charge in [-0.15, -0.1) is 10.2 Å². The summed E-state index contributed by atoms with van der Waals surface area (Å²) in [6.07, 6.45) is 1.02. The largest absolute Gasteiger partial charge is 0.340 e. The van der Waals surface area contributed by atoms with Gasteiger partial charge in [-0.05, 0) is 25.0 Å². The van der Waals surface area contributed by atoms with Crippen molar-refractivity contribution in [1.82, 2.24) is 15.5 Å². The van der Waals surface area contributed by atoms with Crippen LogP contribution in [0.15, 0.2) is 24.3 Å². The van der Waals surface area contributed by atoms with E-state index in [1.807, 2.05) is 6.92 Å². The number of aryl methyl sites for hydroxylation is 1. The van der Waals surface area contributed by atoms with E-state index in [4.69, 9.17) is 0 Å². The van der Waals surface area contributed by atoms with E-state index in [2.05, 4.69) is 26.1 Å². The molecule has 0 aliphatic carbocycles. The molecule has 0 bridgehead atoms. The number of aromatic nitrogens is 2. The van der Waals surface area contributed by atoms with Gasteiger partial charge in [0.25, 0.3) is 5.91 Å². The Morgan fingerprint density at radius 2 is 2.08 bits per heavy atom. The Bertz CT molecular complexity index is 820. The highest BCUT2D eigenvalue weighted by Gasteiger charge is 2.27. The van der Waals surface area contributed by atoms with E-state index in [1.54, 1.807) is 24.3 Å². The van der Waals surface area contributed by atoms with Crippen molar-refractivity contribution in [2.75, 3.05) is 10.6 Å². The van der Waals surface area contributed by atoms with Gasteiger partial charge in [0, 0.05) is 6.42 Å². The molecule has 0 spiro atoms. The first-order valence-corrected chi connectivity index (χ1v) is 8.71. The Kier molecular flexibility index (Phi) is 5.03. The molecule has 8 nitrogen and oxygen atoms in total. The molecular weight excluding hydrogens is 342 g/mol. The molecule has 25 heavy (non-hydrogen) atoms. The van der Waals surface area contributed by atoms with Crippen LogP contribution < -0.4 is 16.0 Å². The van der Waals surface area contributed by atoms with Crippen molar-refractivity contribution in [2.24, 2.45) is 0 Å². The minimum Gasteiger partial charge on any atom is -0.340 e. The molecule has 130 valence electrons. The molecular formula is C16H17N5O3S. The van der Waals surface area contributed by atoms with Gasteiger partial charge in [0.2, 0.25) is 16.9 Å². The second kappa shape index (κ2) is 7.39. The summed E-state index contributed by atoms with van der Waals surface area (Å²) < 4.78 is 0. The highest BCUT2D eigenvalue weighted by molar-refractivity contribution is 7.15. The van der Waals surface area contributed by atoms with Crippen LogP contribution in [0.5, 0.6) is 0 Å². The van der Waals surface area contributed by atoms with Crippen molar-refractivity contribution in [3.8, 4) is 0 Å². The maximum Gasteiger partial charge on any atom is 0.254 e. The number of hydrogen-bond acceptors (Lipinski definition) is 6. The van der Waals surface area contributed by atoms with E-state index in [-0.39, 0.29) is 30.6 Å². The number of amides is 3. The molecule has 0 fully saturated rings. The first-order valence-electron chi connectivity index (χ1n) is 7.89. The van der Waals surface area contributed by atoms with Crippen LogP contribution in [0.1, 0.15) is 35.1 Å². The van der Waals surface area contributed by atoms with Crippen molar-refractivity contribution in [2.45, 2.75) is 32.2 Å². The smallest absolute Gasteiger partial charge is 0.254 e. The zero-order chi connectivity index (χ0) is 17.8. The van der Waals surface area contributed by atoms with Gasteiger partial charge in [-0.1, -0.05) is 30.4 Å². The van der Waals surface area contributed by atoms with Crippen molar-refractivity contribution in [1.29, 1.82) is 0 Å². The molecule has 1 aromatic carbocycles. The van der Waals surface area contributed by atoms with Gasteiger partial charge in [-0.2, -0.15) is 0 Å². The van der Waals surface area contributed by atoms with E-state index in [1.165, 1.54) is 11.3 Å². The normalized spacial score (nSPS) is 16.4. The number of nitrogens with one attached hydrogen (secondary N) is 3. The number of rotatable bonds is 5. The summed E-state index contributed by atoms with van der Waals surface area (Å²) in [6.45, 7) is 1.96. The third-order valence-electron chi connectivity index (χ3n) is 3.73. The van der Waals surface area contributed by atoms with E-state index < -0.39 is 6.04 Å². The van der Waals surface area contributed by atoms with Crippen LogP contribution in [0.25, 0.3) is 0 Å². The van der Waals surface area contributed by atoms with Gasteiger partial charge in [-0.3, -0.25) is 14.4 Å². The Hall–Kier alpha value is -2.81. The van der Waals surface area contributed by atoms with E-state index in [9.17, 15) is 14.4 Å². The fraction of sp³-hybridized carbons (Fsp3) is 0.312. The molecule has 0 saturated heterocycles. The molecule has 1 aliphatic heterocycles. The molecule has 0 radical (unpaired) electrons. The Morgan fingerprint density at radius 1 is 1.28 bits per heavy atom. The number of carbonyl (C=O) groups is 3. The highest BCUT2D eigenvalue weighted by atomic mass is 32.1. The molecule has 2 heterocycles. The van der Waals surface area contributed by atoms with Gasteiger partial charge in [0.15, 0.2) is 0 Å². The Morgan fingerprint density at radius 3 is 2.84 bits per heavy atom.